The molecule has 56 valence electrons. The van der Waals surface area contributed by atoms with E-state index >= 15 is 0 Å². The van der Waals surface area contributed by atoms with Crippen molar-refractivity contribution in [2.75, 3.05) is 0 Å². The number of terminal acetylenes is 1. The minimum absolute atomic E-state index is 0.0534. The maximum atomic E-state index is 10.5. The lowest BCUT2D eigenvalue weighted by Gasteiger charge is -2.06. The van der Waals surface area contributed by atoms with Gasteiger partial charge in [-0.25, -0.2) is 0 Å². The molecule has 3 heteroatoms. The van der Waals surface area contributed by atoms with Gasteiger partial charge < -0.3 is 0 Å². The Morgan fingerprint density at radius 2 is 2.20 bits per heavy atom. The van der Waals surface area contributed by atoms with Crippen molar-refractivity contribution in [1.29, 1.82) is 0 Å². The number of hydrogen-bond acceptors (Lipinski definition) is 2. The van der Waals surface area contributed by atoms with E-state index < -0.39 is 0 Å². The Kier molecular flexibility index (Phi) is 4.59. The lowest BCUT2D eigenvalue weighted by Crippen LogP contribution is -2.09. The average Bonchev–Trinajstić information content (AvgIpc) is 1.87. The topological polar surface area (TPSA) is 17.1 Å². The lowest BCUT2D eigenvalue weighted by molar-refractivity contribution is -0.111. The van der Waals surface area contributed by atoms with E-state index in [0.717, 1.165) is 0 Å². The highest BCUT2D eigenvalue weighted by Crippen LogP contribution is 2.18. The molecular weight excluding hydrogens is 168 g/mol. The Bertz CT molecular complexity index is 161. The number of hydrogen-bond donors (Lipinski definition) is 0. The molecule has 0 N–H and O–H groups in total. The summed E-state index contributed by atoms with van der Waals surface area (Å²) in [5.41, 5.74) is 0. The summed E-state index contributed by atoms with van der Waals surface area (Å²) in [5, 5.41) is -0.488. The van der Waals surface area contributed by atoms with Gasteiger partial charge in [0.2, 0.25) is 5.24 Å². The average molecular weight is 177 g/mol. The third-order valence-corrected chi connectivity index (χ3v) is 2.59. The molecule has 0 amide bonds. The van der Waals surface area contributed by atoms with Crippen LogP contribution < -0.4 is 0 Å². The molecule has 10 heavy (non-hydrogen) atoms. The molecule has 0 fully saturated rings. The van der Waals surface area contributed by atoms with Crippen molar-refractivity contribution < 1.29 is 4.79 Å². The molecular formula is C7H9ClOS. The zero-order valence-corrected chi connectivity index (χ0v) is 7.50. The second kappa shape index (κ2) is 4.65. The summed E-state index contributed by atoms with van der Waals surface area (Å²) in [6.45, 7) is 3.61. The van der Waals surface area contributed by atoms with E-state index in [1.54, 1.807) is 6.92 Å². The number of rotatable bonds is 3. The van der Waals surface area contributed by atoms with E-state index in [-0.39, 0.29) is 15.7 Å². The van der Waals surface area contributed by atoms with Gasteiger partial charge in [-0.05, 0) is 25.4 Å². The molecule has 0 saturated carbocycles. The van der Waals surface area contributed by atoms with Crippen LogP contribution in [0, 0.1) is 12.3 Å². The van der Waals surface area contributed by atoms with Crippen LogP contribution in [0.25, 0.3) is 0 Å². The van der Waals surface area contributed by atoms with E-state index in [1.807, 2.05) is 6.92 Å². The van der Waals surface area contributed by atoms with Gasteiger partial charge in [-0.1, -0.05) is 5.92 Å². The zero-order chi connectivity index (χ0) is 8.15. The van der Waals surface area contributed by atoms with Crippen molar-refractivity contribution in [3.8, 4) is 12.3 Å². The normalized spacial score (nSPS) is 15.4. The molecule has 0 aliphatic rings. The van der Waals surface area contributed by atoms with Crippen LogP contribution >= 0.6 is 23.4 Å². The summed E-state index contributed by atoms with van der Waals surface area (Å²) in [4.78, 5) is 10.5. The molecule has 0 aromatic heterocycles. The lowest BCUT2D eigenvalue weighted by atomic mass is 10.5. The Morgan fingerprint density at radius 1 is 1.70 bits per heavy atom. The number of carbonyl (C=O) groups is 1. The first-order chi connectivity index (χ1) is 4.57. The smallest absolute Gasteiger partial charge is 0.234 e. The minimum Gasteiger partial charge on any atom is -0.280 e. The molecule has 0 aromatic carbocycles. The maximum absolute atomic E-state index is 10.5. The van der Waals surface area contributed by atoms with Gasteiger partial charge >= 0.3 is 0 Å². The van der Waals surface area contributed by atoms with Crippen molar-refractivity contribution in [3.05, 3.63) is 0 Å². The monoisotopic (exact) mass is 176 g/mol. The maximum Gasteiger partial charge on any atom is 0.234 e. The van der Waals surface area contributed by atoms with Gasteiger partial charge in [0.25, 0.3) is 0 Å². The van der Waals surface area contributed by atoms with Crippen molar-refractivity contribution in [1.82, 2.24) is 0 Å². The van der Waals surface area contributed by atoms with Crippen molar-refractivity contribution in [3.63, 3.8) is 0 Å². The van der Waals surface area contributed by atoms with Gasteiger partial charge in [0.15, 0.2) is 0 Å². The van der Waals surface area contributed by atoms with Gasteiger partial charge in [0, 0.05) is 0 Å². The Labute approximate surface area is 70.5 Å². The Hall–Kier alpha value is -0.130. The van der Waals surface area contributed by atoms with Crippen LogP contribution in [0.15, 0.2) is 0 Å². The summed E-state index contributed by atoms with van der Waals surface area (Å²) in [7, 11) is 0. The van der Waals surface area contributed by atoms with E-state index in [2.05, 4.69) is 5.92 Å². The van der Waals surface area contributed by atoms with Crippen LogP contribution in [0.1, 0.15) is 13.8 Å². The first-order valence-electron chi connectivity index (χ1n) is 2.89. The molecule has 0 bridgehead atoms. The third-order valence-electron chi connectivity index (χ3n) is 0.963. The molecule has 0 rings (SSSR count). The van der Waals surface area contributed by atoms with Gasteiger partial charge in [0.05, 0.1) is 10.5 Å². The summed E-state index contributed by atoms with van der Waals surface area (Å²) in [5.74, 6) is 2.50. The van der Waals surface area contributed by atoms with E-state index in [1.165, 1.54) is 11.8 Å². The van der Waals surface area contributed by atoms with Crippen LogP contribution in [0.3, 0.4) is 0 Å². The standard InChI is InChI=1S/C7H9ClOS/c1-4-5(2)10-6(3)7(8)9/h1,5-6H,2-3H3. The van der Waals surface area contributed by atoms with Crippen LogP contribution in [0.2, 0.25) is 0 Å². The number of thioether (sulfide) groups is 1. The summed E-state index contributed by atoms with van der Waals surface area (Å²) in [6, 6.07) is 0. The molecule has 0 radical (unpaired) electrons. The number of halogens is 1. The molecule has 0 heterocycles. The van der Waals surface area contributed by atoms with Crippen LogP contribution in [0.5, 0.6) is 0 Å². The van der Waals surface area contributed by atoms with Gasteiger partial charge in [-0.3, -0.25) is 4.79 Å². The molecule has 0 aromatic rings. The molecule has 0 spiro atoms. The Morgan fingerprint density at radius 3 is 2.50 bits per heavy atom. The quantitative estimate of drug-likeness (QED) is 0.483. The fourth-order valence-electron chi connectivity index (χ4n) is 0.399. The first-order valence-corrected chi connectivity index (χ1v) is 4.21. The molecule has 2 atom stereocenters. The summed E-state index contributed by atoms with van der Waals surface area (Å²) in [6.07, 6.45) is 5.10. The number of carbonyl (C=O) groups excluding carboxylic acids is 1. The van der Waals surface area contributed by atoms with E-state index in [4.69, 9.17) is 18.0 Å². The first kappa shape index (κ1) is 9.87. The molecule has 0 saturated heterocycles. The summed E-state index contributed by atoms with van der Waals surface area (Å²) < 4.78 is 0. The third kappa shape index (κ3) is 3.81. The fourth-order valence-corrected chi connectivity index (χ4v) is 1.35. The zero-order valence-electron chi connectivity index (χ0n) is 5.93. The van der Waals surface area contributed by atoms with E-state index in [0.29, 0.717) is 0 Å². The highest BCUT2D eigenvalue weighted by atomic mass is 35.5. The highest BCUT2D eigenvalue weighted by molar-refractivity contribution is 8.01. The molecule has 0 aliphatic heterocycles. The van der Waals surface area contributed by atoms with Crippen LogP contribution in [-0.4, -0.2) is 15.7 Å². The predicted molar refractivity (Wildman–Crippen MR) is 46.2 cm³/mol. The predicted octanol–water partition coefficient (Wildman–Crippen LogP) is 1.90. The minimum atomic E-state index is -0.341. The highest BCUT2D eigenvalue weighted by Gasteiger charge is 2.12. The van der Waals surface area contributed by atoms with Crippen molar-refractivity contribution >= 4 is 28.6 Å². The molecule has 1 nitrogen and oxygen atoms in total. The second-order valence-corrected chi connectivity index (χ2v) is 3.95. The van der Waals surface area contributed by atoms with Crippen molar-refractivity contribution in [2.24, 2.45) is 0 Å². The molecule has 0 aliphatic carbocycles. The van der Waals surface area contributed by atoms with Crippen LogP contribution in [-0.2, 0) is 4.79 Å². The van der Waals surface area contributed by atoms with E-state index in [9.17, 15) is 4.79 Å². The van der Waals surface area contributed by atoms with Crippen molar-refractivity contribution in [2.45, 2.75) is 24.3 Å². The fraction of sp³-hybridized carbons (Fsp3) is 0.571. The van der Waals surface area contributed by atoms with Gasteiger partial charge in [-0.15, -0.1) is 18.2 Å². The SMILES string of the molecule is C#CC(C)SC(C)C(=O)Cl. The summed E-state index contributed by atoms with van der Waals surface area (Å²) >= 11 is 6.59. The Balaban J connectivity index is 3.70. The van der Waals surface area contributed by atoms with Gasteiger partial charge in [0.1, 0.15) is 0 Å². The van der Waals surface area contributed by atoms with Gasteiger partial charge in [-0.2, -0.15) is 0 Å². The largest absolute Gasteiger partial charge is 0.280 e. The molecule has 2 unspecified atom stereocenters. The van der Waals surface area contributed by atoms with Crippen LogP contribution in [0.4, 0.5) is 0 Å². The second-order valence-electron chi connectivity index (χ2n) is 1.89.